The van der Waals surface area contributed by atoms with Crippen LogP contribution in [-0.2, 0) is 6.42 Å². The molecule has 18 heavy (non-hydrogen) atoms. The fourth-order valence-corrected chi connectivity index (χ4v) is 2.52. The van der Waals surface area contributed by atoms with Gasteiger partial charge in [-0.25, -0.2) is 0 Å². The zero-order chi connectivity index (χ0) is 13.0. The maximum atomic E-state index is 10.1. The van der Waals surface area contributed by atoms with Crippen LogP contribution in [0.5, 0.6) is 5.75 Å². The number of benzene rings is 1. The third-order valence-corrected chi connectivity index (χ3v) is 3.51. The average Bonchev–Trinajstić information content (AvgIpc) is 2.82. The first kappa shape index (κ1) is 13.1. The topological polar surface area (TPSA) is 29.5 Å². The van der Waals surface area contributed by atoms with Crippen molar-refractivity contribution >= 4 is 11.3 Å². The van der Waals surface area contributed by atoms with E-state index in [1.165, 1.54) is 4.88 Å². The van der Waals surface area contributed by atoms with Crippen LogP contribution in [0.4, 0.5) is 0 Å². The molecule has 0 bridgehead atoms. The zero-order valence-corrected chi connectivity index (χ0v) is 11.5. The van der Waals surface area contributed by atoms with Gasteiger partial charge in [-0.05, 0) is 43.0 Å². The standard InChI is InChI=1S/C15H18O2S/c1-11(2)17-13-7-5-12(6-8-13)15(16)10-14-4-3-9-18-14/h3-9,11,15-16H,10H2,1-2H3. The Labute approximate surface area is 112 Å². The third kappa shape index (κ3) is 3.59. The normalized spacial score (nSPS) is 12.7. The molecule has 0 aliphatic heterocycles. The summed E-state index contributed by atoms with van der Waals surface area (Å²) in [6.45, 7) is 4.00. The molecule has 0 aliphatic carbocycles. The van der Waals surface area contributed by atoms with Crippen LogP contribution in [0.1, 0.15) is 30.4 Å². The molecule has 2 rings (SSSR count). The predicted octanol–water partition coefficient (Wildman–Crippen LogP) is 3.81. The lowest BCUT2D eigenvalue weighted by Crippen LogP contribution is -2.06. The van der Waals surface area contributed by atoms with Gasteiger partial charge in [0.2, 0.25) is 0 Å². The fraction of sp³-hybridized carbons (Fsp3) is 0.333. The van der Waals surface area contributed by atoms with Crippen molar-refractivity contribution in [3.05, 3.63) is 52.2 Å². The number of rotatable bonds is 5. The maximum absolute atomic E-state index is 10.1. The Balaban J connectivity index is 2.00. The van der Waals surface area contributed by atoms with E-state index in [2.05, 4.69) is 0 Å². The summed E-state index contributed by atoms with van der Waals surface area (Å²) in [6, 6.07) is 11.7. The molecule has 96 valence electrons. The van der Waals surface area contributed by atoms with Gasteiger partial charge in [-0.3, -0.25) is 0 Å². The van der Waals surface area contributed by atoms with Crippen molar-refractivity contribution in [2.75, 3.05) is 0 Å². The van der Waals surface area contributed by atoms with E-state index in [0.29, 0.717) is 6.42 Å². The highest BCUT2D eigenvalue weighted by Crippen LogP contribution is 2.23. The molecule has 0 fully saturated rings. The van der Waals surface area contributed by atoms with Crippen molar-refractivity contribution < 1.29 is 9.84 Å². The Morgan fingerprint density at radius 3 is 2.44 bits per heavy atom. The summed E-state index contributed by atoms with van der Waals surface area (Å²) >= 11 is 1.67. The zero-order valence-electron chi connectivity index (χ0n) is 10.7. The highest BCUT2D eigenvalue weighted by molar-refractivity contribution is 7.09. The Morgan fingerprint density at radius 2 is 1.89 bits per heavy atom. The van der Waals surface area contributed by atoms with E-state index >= 15 is 0 Å². The Kier molecular flexibility index (Phi) is 4.39. The number of aliphatic hydroxyl groups excluding tert-OH is 1. The summed E-state index contributed by atoms with van der Waals surface area (Å²) in [5.74, 6) is 0.845. The number of aliphatic hydroxyl groups is 1. The number of ether oxygens (including phenoxy) is 1. The maximum Gasteiger partial charge on any atom is 0.119 e. The molecule has 1 aromatic carbocycles. The van der Waals surface area contributed by atoms with Crippen molar-refractivity contribution in [2.24, 2.45) is 0 Å². The second kappa shape index (κ2) is 6.03. The van der Waals surface area contributed by atoms with Crippen LogP contribution in [-0.4, -0.2) is 11.2 Å². The van der Waals surface area contributed by atoms with E-state index in [1.54, 1.807) is 11.3 Å². The average molecular weight is 262 g/mol. The summed E-state index contributed by atoms with van der Waals surface area (Å²) in [5.41, 5.74) is 0.930. The SMILES string of the molecule is CC(C)Oc1ccc(C(O)Cc2cccs2)cc1. The van der Waals surface area contributed by atoms with Crippen LogP contribution in [0.15, 0.2) is 41.8 Å². The van der Waals surface area contributed by atoms with E-state index in [-0.39, 0.29) is 6.10 Å². The Hall–Kier alpha value is -1.32. The number of thiophene rings is 1. The molecule has 0 saturated carbocycles. The first-order valence-electron chi connectivity index (χ1n) is 6.12. The lowest BCUT2D eigenvalue weighted by molar-refractivity contribution is 0.179. The molecule has 0 amide bonds. The molecular weight excluding hydrogens is 244 g/mol. The second-order valence-electron chi connectivity index (χ2n) is 4.53. The van der Waals surface area contributed by atoms with Gasteiger partial charge >= 0.3 is 0 Å². The predicted molar refractivity (Wildman–Crippen MR) is 75.2 cm³/mol. The molecule has 0 spiro atoms. The summed E-state index contributed by atoms with van der Waals surface area (Å²) < 4.78 is 5.58. The van der Waals surface area contributed by atoms with Crippen LogP contribution >= 0.6 is 11.3 Å². The van der Waals surface area contributed by atoms with Crippen molar-refractivity contribution in [2.45, 2.75) is 32.5 Å². The van der Waals surface area contributed by atoms with E-state index in [1.807, 2.05) is 55.6 Å². The molecule has 2 aromatic rings. The van der Waals surface area contributed by atoms with Crippen molar-refractivity contribution in [3.63, 3.8) is 0 Å². The molecule has 1 heterocycles. The molecular formula is C15H18O2S. The van der Waals surface area contributed by atoms with Crippen LogP contribution in [0, 0.1) is 0 Å². The smallest absolute Gasteiger partial charge is 0.119 e. The Morgan fingerprint density at radius 1 is 1.17 bits per heavy atom. The molecule has 1 N–H and O–H groups in total. The van der Waals surface area contributed by atoms with Crippen LogP contribution < -0.4 is 4.74 Å². The van der Waals surface area contributed by atoms with Crippen molar-refractivity contribution in [1.29, 1.82) is 0 Å². The largest absolute Gasteiger partial charge is 0.491 e. The minimum absolute atomic E-state index is 0.173. The molecule has 0 radical (unpaired) electrons. The van der Waals surface area contributed by atoms with Gasteiger partial charge in [0, 0.05) is 11.3 Å². The molecule has 1 unspecified atom stereocenters. The summed E-state index contributed by atoms with van der Waals surface area (Å²) in [6.07, 6.45) is 0.394. The lowest BCUT2D eigenvalue weighted by Gasteiger charge is -2.12. The van der Waals surface area contributed by atoms with Gasteiger partial charge in [0.05, 0.1) is 12.2 Å². The van der Waals surface area contributed by atoms with Gasteiger partial charge in [0.15, 0.2) is 0 Å². The van der Waals surface area contributed by atoms with E-state index < -0.39 is 6.10 Å². The fourth-order valence-electron chi connectivity index (χ4n) is 1.78. The number of hydrogen-bond acceptors (Lipinski definition) is 3. The van der Waals surface area contributed by atoms with Gasteiger partial charge in [0.1, 0.15) is 5.75 Å². The Bertz CT molecular complexity index is 460. The van der Waals surface area contributed by atoms with Crippen LogP contribution in [0.2, 0.25) is 0 Å². The van der Waals surface area contributed by atoms with Crippen molar-refractivity contribution in [3.8, 4) is 5.75 Å². The summed E-state index contributed by atoms with van der Waals surface area (Å²) in [7, 11) is 0. The van der Waals surface area contributed by atoms with Gasteiger partial charge in [-0.1, -0.05) is 18.2 Å². The van der Waals surface area contributed by atoms with Crippen molar-refractivity contribution in [1.82, 2.24) is 0 Å². The summed E-state index contributed by atoms with van der Waals surface area (Å²) in [4.78, 5) is 1.20. The van der Waals surface area contributed by atoms with E-state index in [4.69, 9.17) is 4.74 Å². The third-order valence-electron chi connectivity index (χ3n) is 2.61. The minimum atomic E-state index is -0.447. The molecule has 0 saturated heterocycles. The van der Waals surface area contributed by atoms with Gasteiger partial charge in [0.25, 0.3) is 0 Å². The second-order valence-corrected chi connectivity index (χ2v) is 5.57. The molecule has 1 aromatic heterocycles. The molecule has 0 aliphatic rings. The lowest BCUT2D eigenvalue weighted by atomic mass is 10.1. The first-order valence-corrected chi connectivity index (χ1v) is 7.00. The van der Waals surface area contributed by atoms with Crippen LogP contribution in [0.25, 0.3) is 0 Å². The van der Waals surface area contributed by atoms with Crippen LogP contribution in [0.3, 0.4) is 0 Å². The number of hydrogen-bond donors (Lipinski definition) is 1. The first-order chi connectivity index (χ1) is 8.65. The highest BCUT2D eigenvalue weighted by Gasteiger charge is 2.09. The monoisotopic (exact) mass is 262 g/mol. The summed E-state index contributed by atoms with van der Waals surface area (Å²) in [5, 5.41) is 12.2. The molecule has 2 nitrogen and oxygen atoms in total. The van der Waals surface area contributed by atoms with E-state index in [0.717, 1.165) is 11.3 Å². The van der Waals surface area contributed by atoms with Gasteiger partial charge in [-0.15, -0.1) is 11.3 Å². The molecule has 3 heteroatoms. The van der Waals surface area contributed by atoms with Gasteiger partial charge < -0.3 is 9.84 Å². The molecule has 1 atom stereocenters. The highest BCUT2D eigenvalue weighted by atomic mass is 32.1. The van der Waals surface area contributed by atoms with E-state index in [9.17, 15) is 5.11 Å². The quantitative estimate of drug-likeness (QED) is 0.887. The minimum Gasteiger partial charge on any atom is -0.491 e. The van der Waals surface area contributed by atoms with Gasteiger partial charge in [-0.2, -0.15) is 0 Å².